The van der Waals surface area contributed by atoms with E-state index in [-0.39, 0.29) is 0 Å². The molecule has 0 aliphatic carbocycles. The number of hydrogen-bond acceptors (Lipinski definition) is 4. The molecule has 0 saturated carbocycles. The van der Waals surface area contributed by atoms with Crippen molar-refractivity contribution in [3.05, 3.63) is 18.2 Å². The lowest BCUT2D eigenvalue weighted by Crippen LogP contribution is -1.92. The van der Waals surface area contributed by atoms with E-state index in [1.807, 2.05) is 0 Å². The van der Waals surface area contributed by atoms with Crippen molar-refractivity contribution in [3.8, 4) is 0 Å². The fourth-order valence-corrected chi connectivity index (χ4v) is 0.790. The molecule has 1 rings (SSSR count). The van der Waals surface area contributed by atoms with Crippen LogP contribution in [0.4, 0.5) is 17.1 Å². The largest absolute Gasteiger partial charge is 0.397 e. The summed E-state index contributed by atoms with van der Waals surface area (Å²) in [5, 5.41) is 2.24. The third-order valence-electron chi connectivity index (χ3n) is 1.25. The summed E-state index contributed by atoms with van der Waals surface area (Å²) < 4.78 is 0. The first kappa shape index (κ1) is 7.72. The van der Waals surface area contributed by atoms with E-state index in [1.165, 1.54) is 0 Å². The second kappa shape index (κ2) is 3.14. The molecule has 4 heteroatoms. The first-order chi connectivity index (χ1) is 5.24. The van der Waals surface area contributed by atoms with Gasteiger partial charge in [0.1, 0.15) is 0 Å². The van der Waals surface area contributed by atoms with Gasteiger partial charge in [0, 0.05) is 0 Å². The van der Waals surface area contributed by atoms with E-state index in [2.05, 4.69) is 22.4 Å². The van der Waals surface area contributed by atoms with E-state index in [1.54, 1.807) is 18.2 Å². The van der Waals surface area contributed by atoms with Crippen molar-refractivity contribution >= 4 is 34.4 Å². The zero-order chi connectivity index (χ0) is 8.27. The standard InChI is InChI=1S/C7H7N3S/c8-6-2-1-5(10-4-11)3-7(6)9/h1-3H,8-9H2. The van der Waals surface area contributed by atoms with Gasteiger partial charge in [-0.1, -0.05) is 0 Å². The van der Waals surface area contributed by atoms with Crippen molar-refractivity contribution in [3.63, 3.8) is 0 Å². The highest BCUT2D eigenvalue weighted by molar-refractivity contribution is 7.78. The van der Waals surface area contributed by atoms with Crippen LogP contribution in [0.1, 0.15) is 0 Å². The molecule has 0 heterocycles. The van der Waals surface area contributed by atoms with Gasteiger partial charge in [0.15, 0.2) is 0 Å². The number of nitrogen functional groups attached to an aromatic ring is 2. The zero-order valence-corrected chi connectivity index (χ0v) is 6.56. The average molecular weight is 165 g/mol. The number of benzene rings is 1. The van der Waals surface area contributed by atoms with Crippen LogP contribution in [-0.2, 0) is 0 Å². The summed E-state index contributed by atoms with van der Waals surface area (Å²) in [6.45, 7) is 0. The van der Waals surface area contributed by atoms with Gasteiger partial charge in [-0.2, -0.15) is 4.99 Å². The van der Waals surface area contributed by atoms with Crippen LogP contribution < -0.4 is 11.5 Å². The minimum atomic E-state index is 0.511. The fourth-order valence-electron chi connectivity index (χ4n) is 0.684. The van der Waals surface area contributed by atoms with E-state index in [0.717, 1.165) is 0 Å². The van der Waals surface area contributed by atoms with Crippen LogP contribution in [0.25, 0.3) is 0 Å². The van der Waals surface area contributed by atoms with E-state index in [9.17, 15) is 0 Å². The van der Waals surface area contributed by atoms with Crippen LogP contribution in [0.3, 0.4) is 0 Å². The molecule has 0 aliphatic heterocycles. The van der Waals surface area contributed by atoms with Gasteiger partial charge in [-0.25, -0.2) is 0 Å². The highest BCUT2D eigenvalue weighted by Crippen LogP contribution is 2.20. The molecule has 11 heavy (non-hydrogen) atoms. The number of thiocarbonyl (C=S) groups is 1. The second-order valence-electron chi connectivity index (χ2n) is 2.02. The highest BCUT2D eigenvalue weighted by atomic mass is 32.1. The molecule has 4 N–H and O–H groups in total. The van der Waals surface area contributed by atoms with Gasteiger partial charge in [0.05, 0.1) is 22.2 Å². The van der Waals surface area contributed by atoms with Gasteiger partial charge in [0.2, 0.25) is 0 Å². The highest BCUT2D eigenvalue weighted by Gasteiger charge is 1.93. The van der Waals surface area contributed by atoms with Gasteiger partial charge < -0.3 is 11.5 Å². The Morgan fingerprint density at radius 3 is 2.55 bits per heavy atom. The van der Waals surface area contributed by atoms with E-state index in [4.69, 9.17) is 11.5 Å². The lowest BCUT2D eigenvalue weighted by Gasteiger charge is -1.98. The van der Waals surface area contributed by atoms with Gasteiger partial charge in [-0.3, -0.25) is 0 Å². The smallest absolute Gasteiger partial charge is 0.0761 e. The summed E-state index contributed by atoms with van der Waals surface area (Å²) >= 11 is 4.42. The van der Waals surface area contributed by atoms with Crippen molar-refractivity contribution in [2.75, 3.05) is 11.5 Å². The van der Waals surface area contributed by atoms with E-state index in [0.29, 0.717) is 17.1 Å². The monoisotopic (exact) mass is 165 g/mol. The Balaban J connectivity index is 3.14. The van der Waals surface area contributed by atoms with E-state index < -0.39 is 0 Å². The molecule has 56 valence electrons. The quantitative estimate of drug-likeness (QED) is 0.377. The van der Waals surface area contributed by atoms with Crippen molar-refractivity contribution in [1.82, 2.24) is 0 Å². The molecule has 1 aromatic rings. The van der Waals surface area contributed by atoms with Crippen LogP contribution in [0.15, 0.2) is 23.2 Å². The maximum atomic E-state index is 5.50. The lowest BCUT2D eigenvalue weighted by atomic mass is 10.2. The summed E-state index contributed by atoms with van der Waals surface area (Å²) in [5.74, 6) is 0. The van der Waals surface area contributed by atoms with Crippen molar-refractivity contribution in [1.29, 1.82) is 0 Å². The predicted molar refractivity (Wildman–Crippen MR) is 50.0 cm³/mol. The number of nitrogens with two attached hydrogens (primary N) is 2. The van der Waals surface area contributed by atoms with Crippen molar-refractivity contribution < 1.29 is 0 Å². The van der Waals surface area contributed by atoms with Crippen LogP contribution in [0.2, 0.25) is 0 Å². The summed E-state index contributed by atoms with van der Waals surface area (Å²) in [7, 11) is 0. The number of anilines is 2. The number of aliphatic imine (C=N–C) groups is 1. The molecule has 0 bridgehead atoms. The molecule has 0 unspecified atom stereocenters. The van der Waals surface area contributed by atoms with Crippen LogP contribution in [-0.4, -0.2) is 5.16 Å². The third kappa shape index (κ3) is 1.77. The normalized spacial score (nSPS) is 8.73. The molecule has 0 radical (unpaired) electrons. The van der Waals surface area contributed by atoms with Gasteiger partial charge in [0.25, 0.3) is 0 Å². The Morgan fingerprint density at radius 1 is 1.27 bits per heavy atom. The molecule has 0 atom stereocenters. The molecule has 0 saturated heterocycles. The summed E-state index contributed by atoms with van der Waals surface area (Å²) in [5.41, 5.74) is 12.7. The summed E-state index contributed by atoms with van der Waals surface area (Å²) in [4.78, 5) is 3.74. The SMILES string of the molecule is Nc1ccc(N=C=S)cc1N. The maximum Gasteiger partial charge on any atom is 0.0761 e. The molecule has 0 amide bonds. The average Bonchev–Trinajstić information content (AvgIpc) is 1.98. The first-order valence-corrected chi connectivity index (χ1v) is 3.37. The van der Waals surface area contributed by atoms with Crippen LogP contribution >= 0.6 is 12.2 Å². The van der Waals surface area contributed by atoms with Crippen molar-refractivity contribution in [2.45, 2.75) is 0 Å². The first-order valence-electron chi connectivity index (χ1n) is 2.97. The number of nitrogens with zero attached hydrogens (tertiary/aromatic N) is 1. The molecular formula is C7H7N3S. The molecule has 0 spiro atoms. The minimum Gasteiger partial charge on any atom is -0.397 e. The Bertz CT molecular complexity index is 315. The minimum absolute atomic E-state index is 0.511. The van der Waals surface area contributed by atoms with Crippen LogP contribution in [0, 0.1) is 0 Å². The topological polar surface area (TPSA) is 64.4 Å². The Morgan fingerprint density at radius 2 is 2.00 bits per heavy atom. The maximum absolute atomic E-state index is 5.50. The van der Waals surface area contributed by atoms with Gasteiger partial charge >= 0.3 is 0 Å². The molecular weight excluding hydrogens is 158 g/mol. The van der Waals surface area contributed by atoms with Gasteiger partial charge in [-0.05, 0) is 30.4 Å². The second-order valence-corrected chi connectivity index (χ2v) is 2.20. The Hall–Kier alpha value is -1.38. The van der Waals surface area contributed by atoms with Crippen LogP contribution in [0.5, 0.6) is 0 Å². The molecule has 1 aromatic carbocycles. The number of isothiocyanates is 1. The molecule has 0 aromatic heterocycles. The Labute approximate surface area is 69.7 Å². The van der Waals surface area contributed by atoms with Gasteiger partial charge in [-0.15, -0.1) is 0 Å². The fraction of sp³-hybridized carbons (Fsp3) is 0. The molecule has 0 fully saturated rings. The lowest BCUT2D eigenvalue weighted by molar-refractivity contribution is 1.55. The number of hydrogen-bond donors (Lipinski definition) is 2. The summed E-state index contributed by atoms with van der Waals surface area (Å²) in [6, 6.07) is 5.06. The summed E-state index contributed by atoms with van der Waals surface area (Å²) in [6.07, 6.45) is 0. The third-order valence-corrected chi connectivity index (χ3v) is 1.34. The van der Waals surface area contributed by atoms with Crippen molar-refractivity contribution in [2.24, 2.45) is 4.99 Å². The zero-order valence-electron chi connectivity index (χ0n) is 5.74. The Kier molecular flexibility index (Phi) is 2.21. The molecule has 0 aliphatic rings. The predicted octanol–water partition coefficient (Wildman–Crippen LogP) is 1.59. The van der Waals surface area contributed by atoms with E-state index >= 15 is 0 Å². The molecule has 3 nitrogen and oxygen atoms in total. The number of rotatable bonds is 1.